The number of alkyl halides is 2. The van der Waals surface area contributed by atoms with Crippen LogP contribution in [0.15, 0.2) is 12.2 Å². The molecule has 2 rings (SSSR count). The smallest absolute Gasteiger partial charge is 0.249 e. The van der Waals surface area contributed by atoms with E-state index in [9.17, 15) is 13.6 Å². The van der Waals surface area contributed by atoms with E-state index in [1.54, 1.807) is 0 Å². The molecule has 0 spiro atoms. The van der Waals surface area contributed by atoms with Gasteiger partial charge >= 0.3 is 0 Å². The molecule has 2 aliphatic rings. The van der Waals surface area contributed by atoms with Gasteiger partial charge in [-0.1, -0.05) is 12.2 Å². The third kappa shape index (κ3) is 2.42. The third-order valence-electron chi connectivity index (χ3n) is 3.48. The molecule has 0 saturated heterocycles. The van der Waals surface area contributed by atoms with Crippen molar-refractivity contribution >= 4 is 5.91 Å². The van der Waals surface area contributed by atoms with Gasteiger partial charge in [0.1, 0.15) is 0 Å². The maximum Gasteiger partial charge on any atom is 0.249 e. The number of hydrogen-bond donors (Lipinski definition) is 1. The van der Waals surface area contributed by atoms with Crippen LogP contribution in [0.5, 0.6) is 0 Å². The Morgan fingerprint density at radius 2 is 2.06 bits per heavy atom. The first-order valence-corrected chi connectivity index (χ1v) is 5.75. The average Bonchev–Trinajstić information content (AvgIpc) is 2.14. The maximum absolute atomic E-state index is 12.6. The molecule has 16 heavy (non-hydrogen) atoms. The van der Waals surface area contributed by atoms with Crippen molar-refractivity contribution in [2.24, 2.45) is 5.92 Å². The Kier molecular flexibility index (Phi) is 2.76. The van der Waals surface area contributed by atoms with Crippen molar-refractivity contribution in [2.75, 3.05) is 0 Å². The number of rotatable bonds is 2. The van der Waals surface area contributed by atoms with E-state index in [-0.39, 0.29) is 24.3 Å². The van der Waals surface area contributed by atoms with Crippen LogP contribution in [0.1, 0.15) is 39.0 Å². The molecule has 2 nitrogen and oxygen atoms in total. The highest BCUT2D eigenvalue weighted by molar-refractivity contribution is 5.80. The summed E-state index contributed by atoms with van der Waals surface area (Å²) in [4.78, 5) is 11.7. The van der Waals surface area contributed by atoms with Crippen LogP contribution in [0.2, 0.25) is 0 Å². The summed E-state index contributed by atoms with van der Waals surface area (Å²) in [5.74, 6) is -3.31. The predicted octanol–water partition coefficient (Wildman–Crippen LogP) is 2.65. The average molecular weight is 229 g/mol. The Balaban J connectivity index is 1.86. The summed E-state index contributed by atoms with van der Waals surface area (Å²) in [5, 5.41) is 2.91. The van der Waals surface area contributed by atoms with Crippen LogP contribution >= 0.6 is 0 Å². The number of carbonyl (C=O) groups excluding carboxylic acids is 1. The SMILES string of the molecule is C[C@@]1(NC(=O)C2CC(F)(F)C2)CC=CCC1. The molecule has 0 radical (unpaired) electrons. The minimum atomic E-state index is -2.62. The normalized spacial score (nSPS) is 33.2. The van der Waals surface area contributed by atoms with Gasteiger partial charge in [0.2, 0.25) is 11.8 Å². The molecule has 0 heterocycles. The molecule has 0 bridgehead atoms. The highest BCUT2D eigenvalue weighted by atomic mass is 19.3. The second-order valence-electron chi connectivity index (χ2n) is 5.23. The van der Waals surface area contributed by atoms with Crippen molar-refractivity contribution in [2.45, 2.75) is 50.5 Å². The zero-order valence-corrected chi connectivity index (χ0v) is 9.43. The maximum atomic E-state index is 12.6. The lowest BCUT2D eigenvalue weighted by atomic mass is 9.79. The summed E-state index contributed by atoms with van der Waals surface area (Å²) in [6.07, 6.45) is 6.18. The number of amides is 1. The van der Waals surface area contributed by atoms with Crippen LogP contribution in [0, 0.1) is 5.92 Å². The van der Waals surface area contributed by atoms with Gasteiger partial charge in [-0.25, -0.2) is 8.78 Å². The van der Waals surface area contributed by atoms with Gasteiger partial charge in [0.05, 0.1) is 0 Å². The van der Waals surface area contributed by atoms with Crippen LogP contribution < -0.4 is 5.32 Å². The summed E-state index contributed by atoms with van der Waals surface area (Å²) >= 11 is 0. The second kappa shape index (κ2) is 3.82. The molecule has 4 heteroatoms. The zero-order valence-electron chi connectivity index (χ0n) is 9.43. The lowest BCUT2D eigenvalue weighted by Gasteiger charge is -2.38. The van der Waals surface area contributed by atoms with Gasteiger partial charge in [0.15, 0.2) is 0 Å². The van der Waals surface area contributed by atoms with Gasteiger partial charge in [-0.05, 0) is 26.2 Å². The Morgan fingerprint density at radius 1 is 1.38 bits per heavy atom. The minimum absolute atomic E-state index is 0.205. The molecule has 0 aliphatic heterocycles. The van der Waals surface area contributed by atoms with Gasteiger partial charge in [0.25, 0.3) is 0 Å². The van der Waals surface area contributed by atoms with Crippen molar-refractivity contribution in [1.29, 1.82) is 0 Å². The monoisotopic (exact) mass is 229 g/mol. The summed E-state index contributed by atoms with van der Waals surface area (Å²) in [6.45, 7) is 1.98. The van der Waals surface area contributed by atoms with Crippen LogP contribution in [0.3, 0.4) is 0 Å². The van der Waals surface area contributed by atoms with E-state index in [0.717, 1.165) is 19.3 Å². The molecule has 0 aromatic rings. The topological polar surface area (TPSA) is 29.1 Å². The summed E-state index contributed by atoms with van der Waals surface area (Å²) < 4.78 is 25.3. The zero-order chi connectivity index (χ0) is 11.8. The number of nitrogens with one attached hydrogen (secondary N) is 1. The highest BCUT2D eigenvalue weighted by Gasteiger charge is 2.49. The van der Waals surface area contributed by atoms with E-state index in [4.69, 9.17) is 0 Å². The Morgan fingerprint density at radius 3 is 2.56 bits per heavy atom. The van der Waals surface area contributed by atoms with E-state index in [1.807, 2.05) is 13.0 Å². The van der Waals surface area contributed by atoms with E-state index >= 15 is 0 Å². The van der Waals surface area contributed by atoms with Gasteiger partial charge in [-0.2, -0.15) is 0 Å². The fourth-order valence-electron chi connectivity index (χ4n) is 2.32. The fraction of sp³-hybridized carbons (Fsp3) is 0.750. The van der Waals surface area contributed by atoms with Crippen LogP contribution in [-0.2, 0) is 4.79 Å². The summed E-state index contributed by atoms with van der Waals surface area (Å²) in [6, 6.07) is 0. The number of halogens is 2. The van der Waals surface area contributed by atoms with Gasteiger partial charge in [-0.3, -0.25) is 4.79 Å². The first kappa shape index (κ1) is 11.6. The molecule has 1 saturated carbocycles. The Hall–Kier alpha value is -0.930. The summed E-state index contributed by atoms with van der Waals surface area (Å²) in [5.41, 5.74) is -0.239. The molecule has 2 aliphatic carbocycles. The molecule has 1 atom stereocenters. The first-order valence-electron chi connectivity index (χ1n) is 5.75. The van der Waals surface area contributed by atoms with Crippen molar-refractivity contribution in [3.8, 4) is 0 Å². The Bertz CT molecular complexity index is 319. The molecule has 1 amide bonds. The quantitative estimate of drug-likeness (QED) is 0.725. The fourth-order valence-corrected chi connectivity index (χ4v) is 2.32. The first-order chi connectivity index (χ1) is 7.40. The number of hydrogen-bond acceptors (Lipinski definition) is 1. The molecular weight excluding hydrogens is 212 g/mol. The molecule has 1 N–H and O–H groups in total. The van der Waals surface area contributed by atoms with Gasteiger partial charge in [0, 0.05) is 24.3 Å². The predicted molar refractivity (Wildman–Crippen MR) is 57.2 cm³/mol. The van der Waals surface area contributed by atoms with Crippen LogP contribution in [-0.4, -0.2) is 17.4 Å². The summed E-state index contributed by atoms with van der Waals surface area (Å²) in [7, 11) is 0. The standard InChI is InChI=1S/C12H17F2NO/c1-11(5-3-2-4-6-11)15-10(16)9-7-12(13,14)8-9/h2-3,9H,4-8H2,1H3,(H,15,16)/t11-/m1/s1. The molecule has 1 fully saturated rings. The molecule has 90 valence electrons. The van der Waals surface area contributed by atoms with Crippen LogP contribution in [0.4, 0.5) is 8.78 Å². The third-order valence-corrected chi connectivity index (χ3v) is 3.48. The van der Waals surface area contributed by atoms with Crippen molar-refractivity contribution in [3.63, 3.8) is 0 Å². The molecule has 0 aromatic heterocycles. The number of allylic oxidation sites excluding steroid dienone is 1. The molecule has 0 unspecified atom stereocenters. The van der Waals surface area contributed by atoms with Crippen molar-refractivity contribution in [3.05, 3.63) is 12.2 Å². The lowest BCUT2D eigenvalue weighted by Crippen LogP contribution is -2.53. The van der Waals surface area contributed by atoms with Gasteiger partial charge < -0.3 is 5.32 Å². The Labute approximate surface area is 94.1 Å². The molecular formula is C12H17F2NO. The number of carbonyl (C=O) groups is 1. The van der Waals surface area contributed by atoms with E-state index in [1.165, 1.54) is 0 Å². The van der Waals surface area contributed by atoms with E-state index < -0.39 is 11.8 Å². The van der Waals surface area contributed by atoms with Gasteiger partial charge in [-0.15, -0.1) is 0 Å². The second-order valence-corrected chi connectivity index (χ2v) is 5.23. The largest absolute Gasteiger partial charge is 0.350 e. The minimum Gasteiger partial charge on any atom is -0.350 e. The van der Waals surface area contributed by atoms with E-state index in [0.29, 0.717) is 0 Å². The lowest BCUT2D eigenvalue weighted by molar-refractivity contribution is -0.151. The molecule has 0 aromatic carbocycles. The van der Waals surface area contributed by atoms with Crippen molar-refractivity contribution < 1.29 is 13.6 Å². The van der Waals surface area contributed by atoms with Crippen LogP contribution in [0.25, 0.3) is 0 Å². The van der Waals surface area contributed by atoms with E-state index in [2.05, 4.69) is 11.4 Å². The van der Waals surface area contributed by atoms with Crippen molar-refractivity contribution in [1.82, 2.24) is 5.32 Å². The highest BCUT2D eigenvalue weighted by Crippen LogP contribution is 2.42.